The number of hydrogen-bond acceptors (Lipinski definition) is 2. The lowest BCUT2D eigenvalue weighted by molar-refractivity contribution is 1.39. The van der Waals surface area contributed by atoms with Gasteiger partial charge in [-0.3, -0.25) is 0 Å². The quantitative estimate of drug-likeness (QED) is 0.691. The Hall–Kier alpha value is -1.96. The van der Waals surface area contributed by atoms with Crippen molar-refractivity contribution in [3.05, 3.63) is 58.7 Å². The summed E-state index contributed by atoms with van der Waals surface area (Å²) in [5.41, 5.74) is 17.7. The number of anilines is 2. The van der Waals surface area contributed by atoms with E-state index in [-0.39, 0.29) is 0 Å². The largest absolute Gasteiger partial charge is 0.399 e. The molecule has 0 saturated carbocycles. The first-order chi connectivity index (χ1) is 8.36. The third-order valence-corrected chi connectivity index (χ3v) is 2.49. The maximum atomic E-state index is 5.56. The molecular weight excluding hydrogens is 220 g/mol. The zero-order valence-electron chi connectivity index (χ0n) is 11.6. The van der Waals surface area contributed by atoms with Gasteiger partial charge in [-0.05, 0) is 74.2 Å². The SMILES string of the molecule is Cc1cc(C)cc(N)c1.Cc1cc(C)cc(N)c1. The van der Waals surface area contributed by atoms with E-state index in [9.17, 15) is 0 Å². The van der Waals surface area contributed by atoms with Gasteiger partial charge in [0.2, 0.25) is 0 Å². The van der Waals surface area contributed by atoms with Gasteiger partial charge in [0.25, 0.3) is 0 Å². The number of aryl methyl sites for hydroxylation is 4. The van der Waals surface area contributed by atoms with Gasteiger partial charge in [0.05, 0.1) is 0 Å². The topological polar surface area (TPSA) is 52.0 Å². The molecule has 2 rings (SSSR count). The van der Waals surface area contributed by atoms with E-state index in [1.165, 1.54) is 22.3 Å². The minimum Gasteiger partial charge on any atom is -0.399 e. The molecule has 0 heterocycles. The van der Waals surface area contributed by atoms with E-state index < -0.39 is 0 Å². The first-order valence-electron chi connectivity index (χ1n) is 6.04. The summed E-state index contributed by atoms with van der Waals surface area (Å²) >= 11 is 0. The summed E-state index contributed by atoms with van der Waals surface area (Å²) in [6, 6.07) is 12.1. The summed E-state index contributed by atoms with van der Waals surface area (Å²) in [4.78, 5) is 0. The van der Waals surface area contributed by atoms with Crippen LogP contribution in [0.25, 0.3) is 0 Å². The van der Waals surface area contributed by atoms with Crippen molar-refractivity contribution in [2.45, 2.75) is 27.7 Å². The zero-order chi connectivity index (χ0) is 13.7. The van der Waals surface area contributed by atoms with Gasteiger partial charge in [-0.1, -0.05) is 12.1 Å². The smallest absolute Gasteiger partial charge is 0.0319 e. The molecule has 2 nitrogen and oxygen atoms in total. The van der Waals surface area contributed by atoms with Gasteiger partial charge >= 0.3 is 0 Å². The fourth-order valence-corrected chi connectivity index (χ4v) is 2.02. The Morgan fingerprint density at radius 2 is 0.722 bits per heavy atom. The molecule has 18 heavy (non-hydrogen) atoms. The third-order valence-electron chi connectivity index (χ3n) is 2.49. The number of rotatable bonds is 0. The fraction of sp³-hybridized carbons (Fsp3) is 0.250. The standard InChI is InChI=1S/2C8H11N/c2*1-6-3-7(2)5-8(9)4-6/h2*3-5H,9H2,1-2H3. The van der Waals surface area contributed by atoms with Crippen LogP contribution in [0.2, 0.25) is 0 Å². The Balaban J connectivity index is 0.000000180. The molecule has 0 bridgehead atoms. The zero-order valence-corrected chi connectivity index (χ0v) is 11.6. The normalized spacial score (nSPS) is 9.56. The lowest BCUT2D eigenvalue weighted by atomic mass is 10.1. The molecule has 2 aromatic rings. The fourth-order valence-electron chi connectivity index (χ4n) is 2.02. The van der Waals surface area contributed by atoms with Crippen molar-refractivity contribution in [3.8, 4) is 0 Å². The van der Waals surface area contributed by atoms with Crippen molar-refractivity contribution in [2.75, 3.05) is 11.5 Å². The Morgan fingerprint density at radius 3 is 0.889 bits per heavy atom. The second-order valence-electron chi connectivity index (χ2n) is 4.84. The van der Waals surface area contributed by atoms with Crippen LogP contribution in [0.5, 0.6) is 0 Å². The summed E-state index contributed by atoms with van der Waals surface area (Å²) in [6.07, 6.45) is 0. The highest BCUT2D eigenvalue weighted by Crippen LogP contribution is 2.09. The van der Waals surface area contributed by atoms with E-state index in [1.54, 1.807) is 0 Å². The minimum absolute atomic E-state index is 0.854. The summed E-state index contributed by atoms with van der Waals surface area (Å²) in [6.45, 7) is 8.18. The number of hydrogen-bond donors (Lipinski definition) is 2. The van der Waals surface area contributed by atoms with Gasteiger partial charge in [-0.2, -0.15) is 0 Å². The molecule has 0 saturated heterocycles. The van der Waals surface area contributed by atoms with Gasteiger partial charge in [-0.15, -0.1) is 0 Å². The second-order valence-corrected chi connectivity index (χ2v) is 4.84. The van der Waals surface area contributed by atoms with E-state index in [2.05, 4.69) is 12.1 Å². The number of nitrogen functional groups attached to an aromatic ring is 2. The van der Waals surface area contributed by atoms with Gasteiger partial charge in [0.1, 0.15) is 0 Å². The highest BCUT2D eigenvalue weighted by atomic mass is 14.5. The van der Waals surface area contributed by atoms with Crippen molar-refractivity contribution >= 4 is 11.4 Å². The van der Waals surface area contributed by atoms with Crippen LogP contribution in [0.15, 0.2) is 36.4 Å². The van der Waals surface area contributed by atoms with Crippen LogP contribution in [0.3, 0.4) is 0 Å². The van der Waals surface area contributed by atoms with Crippen molar-refractivity contribution in [1.29, 1.82) is 0 Å². The van der Waals surface area contributed by atoms with Crippen LogP contribution in [-0.4, -0.2) is 0 Å². The summed E-state index contributed by atoms with van der Waals surface area (Å²) in [7, 11) is 0. The van der Waals surface area contributed by atoms with Gasteiger partial charge < -0.3 is 11.5 Å². The van der Waals surface area contributed by atoms with Crippen LogP contribution in [0.1, 0.15) is 22.3 Å². The Morgan fingerprint density at radius 1 is 0.500 bits per heavy atom. The summed E-state index contributed by atoms with van der Waals surface area (Å²) in [5.74, 6) is 0. The van der Waals surface area contributed by atoms with E-state index >= 15 is 0 Å². The summed E-state index contributed by atoms with van der Waals surface area (Å²) < 4.78 is 0. The Kier molecular flexibility index (Phi) is 4.78. The van der Waals surface area contributed by atoms with Crippen molar-refractivity contribution < 1.29 is 0 Å². The third kappa shape index (κ3) is 4.91. The Bertz CT molecular complexity index is 380. The van der Waals surface area contributed by atoms with Crippen molar-refractivity contribution in [2.24, 2.45) is 0 Å². The molecule has 0 amide bonds. The lowest BCUT2D eigenvalue weighted by Gasteiger charge is -1.97. The van der Waals surface area contributed by atoms with E-state index in [0.717, 1.165) is 11.4 Å². The molecule has 0 spiro atoms. The Labute approximate surface area is 110 Å². The molecular formula is C16H22N2. The lowest BCUT2D eigenvalue weighted by Crippen LogP contribution is -1.86. The summed E-state index contributed by atoms with van der Waals surface area (Å²) in [5, 5.41) is 0. The van der Waals surface area contributed by atoms with Crippen LogP contribution in [0.4, 0.5) is 11.4 Å². The number of benzene rings is 2. The van der Waals surface area contributed by atoms with E-state index in [4.69, 9.17) is 11.5 Å². The van der Waals surface area contributed by atoms with Crippen LogP contribution >= 0.6 is 0 Å². The molecule has 0 aromatic heterocycles. The molecule has 0 fully saturated rings. The predicted molar refractivity (Wildman–Crippen MR) is 80.7 cm³/mol. The molecule has 2 heteroatoms. The van der Waals surface area contributed by atoms with Crippen LogP contribution in [0, 0.1) is 27.7 Å². The highest BCUT2D eigenvalue weighted by molar-refractivity contribution is 5.44. The van der Waals surface area contributed by atoms with Crippen molar-refractivity contribution in [1.82, 2.24) is 0 Å². The first kappa shape index (κ1) is 14.1. The maximum absolute atomic E-state index is 5.56. The van der Waals surface area contributed by atoms with Gasteiger partial charge in [0.15, 0.2) is 0 Å². The molecule has 0 aliphatic heterocycles. The molecule has 4 N–H and O–H groups in total. The van der Waals surface area contributed by atoms with Crippen LogP contribution in [-0.2, 0) is 0 Å². The minimum atomic E-state index is 0.854. The highest BCUT2D eigenvalue weighted by Gasteiger charge is 1.88. The monoisotopic (exact) mass is 242 g/mol. The second kappa shape index (κ2) is 6.10. The molecule has 0 unspecified atom stereocenters. The molecule has 0 aliphatic rings. The molecule has 0 aliphatic carbocycles. The predicted octanol–water partition coefficient (Wildman–Crippen LogP) is 3.77. The number of nitrogens with two attached hydrogens (primary N) is 2. The van der Waals surface area contributed by atoms with Gasteiger partial charge in [-0.25, -0.2) is 0 Å². The van der Waals surface area contributed by atoms with E-state index in [0.29, 0.717) is 0 Å². The first-order valence-corrected chi connectivity index (χ1v) is 6.04. The van der Waals surface area contributed by atoms with E-state index in [1.807, 2.05) is 52.0 Å². The van der Waals surface area contributed by atoms with Crippen LogP contribution < -0.4 is 11.5 Å². The molecule has 2 aromatic carbocycles. The average molecular weight is 242 g/mol. The molecule has 0 atom stereocenters. The average Bonchev–Trinajstić information content (AvgIpc) is 2.12. The van der Waals surface area contributed by atoms with Crippen molar-refractivity contribution in [3.63, 3.8) is 0 Å². The maximum Gasteiger partial charge on any atom is 0.0319 e. The molecule has 96 valence electrons. The molecule has 0 radical (unpaired) electrons. The van der Waals surface area contributed by atoms with Gasteiger partial charge in [0, 0.05) is 11.4 Å².